The van der Waals surface area contributed by atoms with Gasteiger partial charge in [-0.2, -0.15) is 0 Å². The molecular weight excluding hydrogens is 376 g/mol. The Labute approximate surface area is 168 Å². The second-order valence-corrected chi connectivity index (χ2v) is 7.77. The Bertz CT molecular complexity index is 919. The molecule has 1 aliphatic heterocycles. The van der Waals surface area contributed by atoms with Crippen LogP contribution in [0.25, 0.3) is 0 Å². The lowest BCUT2D eigenvalue weighted by atomic mass is 10.1. The van der Waals surface area contributed by atoms with Gasteiger partial charge in [-0.1, -0.05) is 19.1 Å². The minimum Gasteiger partial charge on any atom is -0.456 e. The summed E-state index contributed by atoms with van der Waals surface area (Å²) in [7, 11) is 0. The number of Topliss-reactive ketones (excluding diaryl/α,β-unsaturated/α-hetero) is 1. The SMILES string of the molecule is CCCn1c(C)cc(C(=O)COC(=O)CN2C(=O)CSc3ccccc32)c1C. The normalized spacial score (nSPS) is 13.4. The molecule has 0 fully saturated rings. The van der Waals surface area contributed by atoms with E-state index in [1.165, 1.54) is 16.7 Å². The van der Waals surface area contributed by atoms with E-state index in [0.717, 1.165) is 29.2 Å². The molecule has 1 aliphatic rings. The van der Waals surface area contributed by atoms with Gasteiger partial charge in [0.15, 0.2) is 6.61 Å². The molecule has 2 heterocycles. The van der Waals surface area contributed by atoms with Gasteiger partial charge in [0.25, 0.3) is 0 Å². The minimum absolute atomic E-state index is 0.143. The number of benzene rings is 1. The summed E-state index contributed by atoms with van der Waals surface area (Å²) in [6.07, 6.45) is 0.975. The van der Waals surface area contributed by atoms with Crippen LogP contribution in [0.5, 0.6) is 0 Å². The highest BCUT2D eigenvalue weighted by atomic mass is 32.2. The number of thioether (sulfide) groups is 1. The van der Waals surface area contributed by atoms with E-state index in [-0.39, 0.29) is 30.6 Å². The van der Waals surface area contributed by atoms with Crippen molar-refractivity contribution in [1.29, 1.82) is 0 Å². The summed E-state index contributed by atoms with van der Waals surface area (Å²) < 4.78 is 7.28. The predicted octanol–water partition coefficient (Wildman–Crippen LogP) is 3.38. The Balaban J connectivity index is 1.63. The van der Waals surface area contributed by atoms with Gasteiger partial charge in [0.2, 0.25) is 11.7 Å². The summed E-state index contributed by atoms with van der Waals surface area (Å²) in [6, 6.07) is 9.28. The lowest BCUT2D eigenvalue weighted by Gasteiger charge is -2.27. The Kier molecular flexibility index (Phi) is 6.24. The van der Waals surface area contributed by atoms with Gasteiger partial charge < -0.3 is 9.30 Å². The number of carbonyl (C=O) groups excluding carboxylic acids is 3. The van der Waals surface area contributed by atoms with Crippen molar-refractivity contribution in [2.24, 2.45) is 0 Å². The molecule has 1 aromatic heterocycles. The van der Waals surface area contributed by atoms with Gasteiger partial charge in [-0.3, -0.25) is 19.3 Å². The van der Waals surface area contributed by atoms with Crippen LogP contribution in [0, 0.1) is 13.8 Å². The average molecular weight is 401 g/mol. The molecule has 28 heavy (non-hydrogen) atoms. The molecular formula is C21H24N2O4S. The maximum atomic E-state index is 12.5. The Morgan fingerprint density at radius 1 is 1.21 bits per heavy atom. The van der Waals surface area contributed by atoms with Crippen molar-refractivity contribution < 1.29 is 19.1 Å². The van der Waals surface area contributed by atoms with Gasteiger partial charge in [-0.25, -0.2) is 0 Å². The molecule has 0 saturated carbocycles. The number of amides is 1. The maximum Gasteiger partial charge on any atom is 0.326 e. The van der Waals surface area contributed by atoms with E-state index < -0.39 is 5.97 Å². The first-order valence-corrected chi connectivity index (χ1v) is 10.3. The van der Waals surface area contributed by atoms with Gasteiger partial charge in [-0.05, 0) is 38.5 Å². The smallest absolute Gasteiger partial charge is 0.326 e. The van der Waals surface area contributed by atoms with Crippen LogP contribution in [-0.4, -0.2) is 41.1 Å². The van der Waals surface area contributed by atoms with Crippen molar-refractivity contribution in [3.05, 3.63) is 47.3 Å². The first-order chi connectivity index (χ1) is 13.4. The second-order valence-electron chi connectivity index (χ2n) is 6.76. The second kappa shape index (κ2) is 8.65. The van der Waals surface area contributed by atoms with Crippen LogP contribution in [-0.2, 0) is 20.9 Å². The Morgan fingerprint density at radius 2 is 1.96 bits per heavy atom. The van der Waals surface area contributed by atoms with E-state index in [0.29, 0.717) is 11.3 Å². The van der Waals surface area contributed by atoms with Crippen LogP contribution in [0.1, 0.15) is 35.1 Å². The van der Waals surface area contributed by atoms with Gasteiger partial charge in [-0.15, -0.1) is 11.8 Å². The number of fused-ring (bicyclic) bond motifs is 1. The van der Waals surface area contributed by atoms with E-state index in [4.69, 9.17) is 4.74 Å². The maximum absolute atomic E-state index is 12.5. The lowest BCUT2D eigenvalue weighted by Crippen LogP contribution is -2.40. The highest BCUT2D eigenvalue weighted by Crippen LogP contribution is 2.34. The summed E-state index contributed by atoms with van der Waals surface area (Å²) in [6.45, 7) is 6.27. The molecule has 7 heteroatoms. The summed E-state index contributed by atoms with van der Waals surface area (Å²) in [5.41, 5.74) is 3.18. The number of carbonyl (C=O) groups is 3. The molecule has 0 unspecified atom stereocenters. The number of esters is 1. The number of rotatable bonds is 7. The number of aromatic nitrogens is 1. The van der Waals surface area contributed by atoms with Crippen molar-refractivity contribution in [3.8, 4) is 0 Å². The highest BCUT2D eigenvalue weighted by Gasteiger charge is 2.27. The first kappa shape index (κ1) is 20.2. The Hall–Kier alpha value is -2.54. The third-order valence-electron chi connectivity index (χ3n) is 4.78. The number of anilines is 1. The number of hydrogen-bond donors (Lipinski definition) is 0. The van der Waals surface area contributed by atoms with Gasteiger partial charge in [0.1, 0.15) is 6.54 Å². The lowest BCUT2D eigenvalue weighted by molar-refractivity contribution is -0.141. The first-order valence-electron chi connectivity index (χ1n) is 9.30. The molecule has 6 nitrogen and oxygen atoms in total. The number of aryl methyl sites for hydroxylation is 1. The number of ether oxygens (including phenoxy) is 1. The monoisotopic (exact) mass is 400 g/mol. The van der Waals surface area contributed by atoms with E-state index in [1.807, 2.05) is 38.1 Å². The molecule has 1 amide bonds. The van der Waals surface area contributed by atoms with E-state index in [1.54, 1.807) is 6.07 Å². The fourth-order valence-electron chi connectivity index (χ4n) is 3.38. The molecule has 0 N–H and O–H groups in total. The molecule has 1 aromatic carbocycles. The van der Waals surface area contributed by atoms with E-state index in [9.17, 15) is 14.4 Å². The summed E-state index contributed by atoms with van der Waals surface area (Å²) in [5, 5.41) is 0. The van der Waals surface area contributed by atoms with Gasteiger partial charge in [0.05, 0.1) is 11.4 Å². The number of para-hydroxylation sites is 1. The molecule has 2 aromatic rings. The van der Waals surface area contributed by atoms with Crippen LogP contribution in [0.4, 0.5) is 5.69 Å². The molecule has 0 aliphatic carbocycles. The van der Waals surface area contributed by atoms with Crippen LogP contribution >= 0.6 is 11.8 Å². The topological polar surface area (TPSA) is 68.6 Å². The number of ketones is 1. The van der Waals surface area contributed by atoms with Crippen molar-refractivity contribution in [2.75, 3.05) is 23.8 Å². The quantitative estimate of drug-likeness (QED) is 0.526. The van der Waals surface area contributed by atoms with Crippen molar-refractivity contribution in [2.45, 2.75) is 38.6 Å². The zero-order valence-corrected chi connectivity index (χ0v) is 17.2. The van der Waals surface area contributed by atoms with Crippen LogP contribution in [0.3, 0.4) is 0 Å². The van der Waals surface area contributed by atoms with Gasteiger partial charge in [0, 0.05) is 28.4 Å². The fraction of sp³-hybridized carbons (Fsp3) is 0.381. The van der Waals surface area contributed by atoms with Crippen molar-refractivity contribution in [3.63, 3.8) is 0 Å². The standard InChI is InChI=1S/C21H24N2O4S/c1-4-9-22-14(2)10-16(15(22)3)18(24)12-27-21(26)11-23-17-7-5-6-8-19(17)28-13-20(23)25/h5-8,10H,4,9,11-13H2,1-3H3. The van der Waals surface area contributed by atoms with Gasteiger partial charge >= 0.3 is 5.97 Å². The van der Waals surface area contributed by atoms with Crippen LogP contribution < -0.4 is 4.90 Å². The molecule has 0 atom stereocenters. The van der Waals surface area contributed by atoms with Crippen molar-refractivity contribution in [1.82, 2.24) is 4.57 Å². The summed E-state index contributed by atoms with van der Waals surface area (Å²) in [5.74, 6) is -0.683. The van der Waals surface area contributed by atoms with E-state index >= 15 is 0 Å². The molecule has 3 rings (SSSR count). The van der Waals surface area contributed by atoms with Crippen LogP contribution in [0.15, 0.2) is 35.2 Å². The zero-order valence-electron chi connectivity index (χ0n) is 16.4. The zero-order chi connectivity index (χ0) is 20.3. The highest BCUT2D eigenvalue weighted by molar-refractivity contribution is 8.00. The van der Waals surface area contributed by atoms with Crippen molar-refractivity contribution >= 4 is 35.1 Å². The van der Waals surface area contributed by atoms with Crippen LogP contribution in [0.2, 0.25) is 0 Å². The number of nitrogens with zero attached hydrogens (tertiary/aromatic N) is 2. The van der Waals surface area contributed by atoms with E-state index in [2.05, 4.69) is 11.5 Å². The molecule has 0 saturated heterocycles. The molecule has 0 radical (unpaired) electrons. The third kappa shape index (κ3) is 4.14. The summed E-state index contributed by atoms with van der Waals surface area (Å²) in [4.78, 5) is 39.4. The number of hydrogen-bond acceptors (Lipinski definition) is 5. The third-order valence-corrected chi connectivity index (χ3v) is 5.83. The fourth-order valence-corrected chi connectivity index (χ4v) is 4.31. The molecule has 0 bridgehead atoms. The predicted molar refractivity (Wildman–Crippen MR) is 109 cm³/mol. The minimum atomic E-state index is -0.592. The molecule has 0 spiro atoms. The Morgan fingerprint density at radius 3 is 2.71 bits per heavy atom. The average Bonchev–Trinajstić information content (AvgIpc) is 2.97. The molecule has 148 valence electrons. The largest absolute Gasteiger partial charge is 0.456 e. The summed E-state index contributed by atoms with van der Waals surface area (Å²) >= 11 is 1.45.